The molecule has 0 amide bonds. The number of likely N-dealkylation sites (N-methyl/N-ethyl adjacent to an activating group) is 1. The molecule has 3 rings (SSSR count). The molecule has 7 heteroatoms. The number of rotatable bonds is 4. The summed E-state index contributed by atoms with van der Waals surface area (Å²) < 4.78 is 20.8. The summed E-state index contributed by atoms with van der Waals surface area (Å²) in [6.07, 6.45) is 1.43. The van der Waals surface area contributed by atoms with Crippen LogP contribution in [-0.4, -0.2) is 46.4 Å². The third-order valence-electron chi connectivity index (χ3n) is 4.56. The van der Waals surface area contributed by atoms with Crippen LogP contribution in [0.3, 0.4) is 0 Å². The number of ether oxygens (including phenoxy) is 1. The Balaban J connectivity index is 1.88. The van der Waals surface area contributed by atoms with Gasteiger partial charge in [-0.2, -0.15) is 5.10 Å². The molecule has 6 nitrogen and oxygen atoms in total. The lowest BCUT2D eigenvalue weighted by molar-refractivity contribution is 0.00682. The van der Waals surface area contributed by atoms with Crippen LogP contribution in [0.4, 0.5) is 4.39 Å². The van der Waals surface area contributed by atoms with Crippen molar-refractivity contribution in [2.45, 2.75) is 32.8 Å². The number of carbonyl (C=O) groups is 1. The first-order chi connectivity index (χ1) is 12.5. The van der Waals surface area contributed by atoms with Gasteiger partial charge < -0.3 is 4.74 Å². The molecule has 138 valence electrons. The summed E-state index contributed by atoms with van der Waals surface area (Å²) in [5, 5.41) is 4.08. The van der Waals surface area contributed by atoms with Gasteiger partial charge in [-0.25, -0.2) is 13.9 Å². The van der Waals surface area contributed by atoms with Crippen LogP contribution < -0.4 is 5.43 Å². The van der Waals surface area contributed by atoms with E-state index in [4.69, 9.17) is 4.74 Å². The Morgan fingerprint density at radius 3 is 2.88 bits per heavy atom. The first-order valence-corrected chi connectivity index (χ1v) is 8.78. The molecule has 1 fully saturated rings. The molecule has 0 radical (unpaired) electrons. The number of carbonyl (C=O) groups excluding carboxylic acids is 1. The second-order valence-electron chi connectivity index (χ2n) is 6.42. The zero-order chi connectivity index (χ0) is 18.7. The molecule has 1 aliphatic rings. The molecule has 2 heterocycles. The van der Waals surface area contributed by atoms with Gasteiger partial charge in [-0.05, 0) is 45.0 Å². The Hall–Kier alpha value is -2.54. The average molecular weight is 359 g/mol. The molecular formula is C19H22FN3O3. The molecule has 1 aromatic heterocycles. The maximum Gasteiger partial charge on any atom is 0.363 e. The van der Waals surface area contributed by atoms with Gasteiger partial charge in [0.2, 0.25) is 11.1 Å². The molecule has 1 atom stereocenters. The summed E-state index contributed by atoms with van der Waals surface area (Å²) in [6.45, 7) is 6.20. The van der Waals surface area contributed by atoms with E-state index in [-0.39, 0.29) is 17.5 Å². The van der Waals surface area contributed by atoms with Crippen LogP contribution in [0.2, 0.25) is 0 Å². The molecule has 1 unspecified atom stereocenters. The molecule has 26 heavy (non-hydrogen) atoms. The lowest BCUT2D eigenvalue weighted by atomic mass is 10.1. The maximum absolute atomic E-state index is 14.1. The van der Waals surface area contributed by atoms with Crippen LogP contribution in [0.1, 0.15) is 35.9 Å². The molecule has 2 aromatic rings. The van der Waals surface area contributed by atoms with Crippen molar-refractivity contribution < 1.29 is 13.9 Å². The van der Waals surface area contributed by atoms with E-state index in [1.807, 2.05) is 0 Å². The van der Waals surface area contributed by atoms with E-state index in [1.165, 1.54) is 22.9 Å². The van der Waals surface area contributed by atoms with Gasteiger partial charge in [0, 0.05) is 18.3 Å². The molecule has 0 spiro atoms. The van der Waals surface area contributed by atoms with Gasteiger partial charge in [0.15, 0.2) is 0 Å². The monoisotopic (exact) mass is 359 g/mol. The van der Waals surface area contributed by atoms with Crippen molar-refractivity contribution in [1.29, 1.82) is 0 Å². The zero-order valence-corrected chi connectivity index (χ0v) is 14.9. The van der Waals surface area contributed by atoms with Crippen LogP contribution in [0, 0.1) is 12.7 Å². The zero-order valence-electron chi connectivity index (χ0n) is 14.9. The Labute approximate surface area is 151 Å². The van der Waals surface area contributed by atoms with E-state index in [1.54, 1.807) is 19.1 Å². The molecular weight excluding hydrogens is 337 g/mol. The van der Waals surface area contributed by atoms with Gasteiger partial charge in [0.1, 0.15) is 17.6 Å². The van der Waals surface area contributed by atoms with Crippen molar-refractivity contribution in [3.05, 3.63) is 57.8 Å². The van der Waals surface area contributed by atoms with Crippen LogP contribution in [0.15, 0.2) is 35.1 Å². The van der Waals surface area contributed by atoms with Gasteiger partial charge in [0.05, 0.1) is 0 Å². The SMILES string of the molecule is CCN1CCCC(OC(=O)c2nn(-c3ccccc3F)c(C)cc2=O)C1. The summed E-state index contributed by atoms with van der Waals surface area (Å²) >= 11 is 0. The smallest absolute Gasteiger partial charge is 0.363 e. The predicted octanol–water partition coefficient (Wildman–Crippen LogP) is 2.32. The Morgan fingerprint density at radius 1 is 1.38 bits per heavy atom. The van der Waals surface area contributed by atoms with Gasteiger partial charge in [0.25, 0.3) is 0 Å². The van der Waals surface area contributed by atoms with Crippen LogP contribution in [0.25, 0.3) is 5.69 Å². The van der Waals surface area contributed by atoms with Gasteiger partial charge >= 0.3 is 5.97 Å². The van der Waals surface area contributed by atoms with Gasteiger partial charge in [-0.1, -0.05) is 19.1 Å². The van der Waals surface area contributed by atoms with E-state index < -0.39 is 17.2 Å². The molecule has 0 N–H and O–H groups in total. The van der Waals surface area contributed by atoms with Crippen molar-refractivity contribution in [1.82, 2.24) is 14.7 Å². The second-order valence-corrected chi connectivity index (χ2v) is 6.42. The summed E-state index contributed by atoms with van der Waals surface area (Å²) in [5.74, 6) is -1.25. The average Bonchev–Trinajstić information content (AvgIpc) is 2.63. The van der Waals surface area contributed by atoms with E-state index >= 15 is 0 Å². The summed E-state index contributed by atoms with van der Waals surface area (Å²) in [7, 11) is 0. The first kappa shape index (κ1) is 18.3. The quantitative estimate of drug-likeness (QED) is 0.784. The molecule has 1 saturated heterocycles. The topological polar surface area (TPSA) is 64.4 Å². The second kappa shape index (κ2) is 7.78. The standard InChI is InChI=1S/C19H22FN3O3/c1-3-22-10-6-7-14(12-22)26-19(25)18-17(24)11-13(2)23(21-18)16-9-5-4-8-15(16)20/h4-5,8-9,11,14H,3,6-7,10,12H2,1-2H3. The number of piperidine rings is 1. The first-order valence-electron chi connectivity index (χ1n) is 8.78. The number of aryl methyl sites for hydroxylation is 1. The fourth-order valence-electron chi connectivity index (χ4n) is 3.16. The number of benzene rings is 1. The number of aromatic nitrogens is 2. The third-order valence-corrected chi connectivity index (χ3v) is 4.56. The minimum absolute atomic E-state index is 0.175. The highest BCUT2D eigenvalue weighted by Crippen LogP contribution is 2.16. The fraction of sp³-hybridized carbons (Fsp3) is 0.421. The number of likely N-dealkylation sites (tertiary alicyclic amines) is 1. The highest BCUT2D eigenvalue weighted by atomic mass is 19.1. The minimum atomic E-state index is -0.761. The third kappa shape index (κ3) is 3.83. The van der Waals surface area contributed by atoms with E-state index in [9.17, 15) is 14.0 Å². The number of hydrogen-bond acceptors (Lipinski definition) is 5. The van der Waals surface area contributed by atoms with Crippen LogP contribution in [0.5, 0.6) is 0 Å². The highest BCUT2D eigenvalue weighted by Gasteiger charge is 2.25. The number of nitrogens with zero attached hydrogens (tertiary/aromatic N) is 3. The largest absolute Gasteiger partial charge is 0.456 e. The number of esters is 1. The van der Waals surface area contributed by atoms with Crippen molar-refractivity contribution >= 4 is 5.97 Å². The normalized spacial score (nSPS) is 17.9. The van der Waals surface area contributed by atoms with Crippen molar-refractivity contribution in [2.75, 3.05) is 19.6 Å². The van der Waals surface area contributed by atoms with E-state index in [0.717, 1.165) is 25.9 Å². The Morgan fingerprint density at radius 2 is 2.15 bits per heavy atom. The number of para-hydroxylation sites is 1. The summed E-state index contributed by atoms with van der Waals surface area (Å²) in [5.41, 5.74) is -0.240. The lowest BCUT2D eigenvalue weighted by Gasteiger charge is -2.31. The van der Waals surface area contributed by atoms with Gasteiger partial charge in [-0.15, -0.1) is 0 Å². The molecule has 0 saturated carbocycles. The molecule has 0 bridgehead atoms. The molecule has 0 aliphatic carbocycles. The minimum Gasteiger partial charge on any atom is -0.456 e. The maximum atomic E-state index is 14.1. The number of hydrogen-bond donors (Lipinski definition) is 0. The predicted molar refractivity (Wildman–Crippen MR) is 95.1 cm³/mol. The van der Waals surface area contributed by atoms with Crippen LogP contribution >= 0.6 is 0 Å². The summed E-state index contributed by atoms with van der Waals surface area (Å²) in [6, 6.07) is 7.34. The lowest BCUT2D eigenvalue weighted by Crippen LogP contribution is -2.41. The van der Waals surface area contributed by atoms with Crippen molar-refractivity contribution in [2.24, 2.45) is 0 Å². The van der Waals surface area contributed by atoms with Crippen molar-refractivity contribution in [3.63, 3.8) is 0 Å². The van der Waals surface area contributed by atoms with E-state index in [2.05, 4.69) is 16.9 Å². The van der Waals surface area contributed by atoms with Crippen LogP contribution in [-0.2, 0) is 4.74 Å². The van der Waals surface area contributed by atoms with E-state index in [0.29, 0.717) is 12.2 Å². The fourth-order valence-corrected chi connectivity index (χ4v) is 3.16. The Bertz CT molecular complexity index is 865. The highest BCUT2D eigenvalue weighted by molar-refractivity contribution is 5.87. The summed E-state index contributed by atoms with van der Waals surface area (Å²) in [4.78, 5) is 26.9. The number of halogens is 1. The van der Waals surface area contributed by atoms with Crippen molar-refractivity contribution in [3.8, 4) is 5.69 Å². The van der Waals surface area contributed by atoms with Gasteiger partial charge in [-0.3, -0.25) is 9.69 Å². The molecule has 1 aromatic carbocycles. The molecule has 1 aliphatic heterocycles. The Kier molecular flexibility index (Phi) is 5.46.